The zero-order chi connectivity index (χ0) is 15.5. The van der Waals surface area contributed by atoms with Crippen LogP contribution in [0.15, 0.2) is 23.1 Å². The molecule has 1 heterocycles. The highest BCUT2D eigenvalue weighted by Crippen LogP contribution is 2.27. The highest BCUT2D eigenvalue weighted by molar-refractivity contribution is 7.89. The molecule has 1 aromatic carbocycles. The van der Waals surface area contributed by atoms with E-state index in [4.69, 9.17) is 5.11 Å². The number of anilines is 1. The summed E-state index contributed by atoms with van der Waals surface area (Å²) in [6.45, 7) is -1.02. The first-order chi connectivity index (χ1) is 9.95. The van der Waals surface area contributed by atoms with Crippen molar-refractivity contribution < 1.29 is 22.3 Å². The van der Waals surface area contributed by atoms with Crippen LogP contribution in [0.5, 0.6) is 0 Å². The van der Waals surface area contributed by atoms with Gasteiger partial charge in [-0.1, -0.05) is 6.07 Å². The van der Waals surface area contributed by atoms with Gasteiger partial charge in [0.05, 0.1) is 18.0 Å². The Morgan fingerprint density at radius 1 is 1.38 bits per heavy atom. The molecule has 8 heteroatoms. The maximum atomic E-state index is 12.5. The van der Waals surface area contributed by atoms with Gasteiger partial charge in [0.15, 0.2) is 0 Å². The van der Waals surface area contributed by atoms with Crippen molar-refractivity contribution in [2.75, 3.05) is 31.6 Å². The van der Waals surface area contributed by atoms with Crippen LogP contribution in [0.4, 0.5) is 14.5 Å². The number of benzene rings is 1. The lowest BCUT2D eigenvalue weighted by Crippen LogP contribution is -2.37. The number of nitrogens with zero attached hydrogens (tertiary/aromatic N) is 1. The monoisotopic (exact) mass is 320 g/mol. The molecule has 0 unspecified atom stereocenters. The third kappa shape index (κ3) is 3.69. The van der Waals surface area contributed by atoms with Gasteiger partial charge in [-0.3, -0.25) is 0 Å². The Morgan fingerprint density at radius 3 is 2.81 bits per heavy atom. The summed E-state index contributed by atoms with van der Waals surface area (Å²) >= 11 is 0. The van der Waals surface area contributed by atoms with Crippen molar-refractivity contribution in [2.45, 2.75) is 24.2 Å². The summed E-state index contributed by atoms with van der Waals surface area (Å²) in [5.74, 6) is 0. The normalized spacial score (nSPS) is 15.1. The zero-order valence-corrected chi connectivity index (χ0v) is 12.2. The van der Waals surface area contributed by atoms with Crippen LogP contribution < -0.4 is 5.32 Å². The van der Waals surface area contributed by atoms with Crippen LogP contribution in [-0.4, -0.2) is 50.5 Å². The second-order valence-corrected chi connectivity index (χ2v) is 6.76. The van der Waals surface area contributed by atoms with Crippen LogP contribution in [0.25, 0.3) is 0 Å². The fourth-order valence-electron chi connectivity index (χ4n) is 2.32. The molecule has 0 radical (unpaired) electrons. The van der Waals surface area contributed by atoms with Crippen LogP contribution >= 0.6 is 0 Å². The van der Waals surface area contributed by atoms with E-state index >= 15 is 0 Å². The fraction of sp³-hybridized carbons (Fsp3) is 0.538. The molecular weight excluding hydrogens is 302 g/mol. The highest BCUT2D eigenvalue weighted by Gasteiger charge is 2.27. The van der Waals surface area contributed by atoms with Gasteiger partial charge in [0.1, 0.15) is 0 Å². The molecule has 0 aromatic heterocycles. The Morgan fingerprint density at radius 2 is 2.14 bits per heavy atom. The van der Waals surface area contributed by atoms with Gasteiger partial charge in [-0.25, -0.2) is 17.2 Å². The number of nitrogens with one attached hydrogen (secondary N) is 1. The Hall–Kier alpha value is -1.25. The number of hydrogen-bond donors (Lipinski definition) is 2. The second kappa shape index (κ2) is 6.67. The molecule has 0 fully saturated rings. The molecule has 0 saturated carbocycles. The van der Waals surface area contributed by atoms with E-state index in [9.17, 15) is 17.2 Å². The zero-order valence-electron chi connectivity index (χ0n) is 11.4. The third-order valence-electron chi connectivity index (χ3n) is 3.35. The SMILES string of the molecule is O=S(=O)(c1ccc2c(c1)NCCC2)N(CCO)CC(F)F. The lowest BCUT2D eigenvalue weighted by molar-refractivity contribution is 0.113. The predicted octanol–water partition coefficient (Wildman–Crippen LogP) is 1.29. The Bertz CT molecular complexity index is 593. The standard InChI is InChI=1S/C13H18F2N2O3S/c14-13(15)9-17(6-7-18)21(19,20)11-4-3-10-2-1-5-16-12(10)8-11/h3-4,8,13,16,18H,1-2,5-7,9H2. The van der Waals surface area contributed by atoms with E-state index in [2.05, 4.69) is 5.32 Å². The topological polar surface area (TPSA) is 69.6 Å². The molecule has 2 N–H and O–H groups in total. The third-order valence-corrected chi connectivity index (χ3v) is 5.21. The number of alkyl halides is 2. The van der Waals surface area contributed by atoms with Crippen molar-refractivity contribution in [2.24, 2.45) is 0 Å². The molecule has 1 aliphatic heterocycles. The van der Waals surface area contributed by atoms with Crippen LogP contribution in [-0.2, 0) is 16.4 Å². The molecule has 0 atom stereocenters. The summed E-state index contributed by atoms with van der Waals surface area (Å²) in [6, 6.07) is 4.60. The van der Waals surface area contributed by atoms with Crippen molar-refractivity contribution >= 4 is 15.7 Å². The molecular formula is C13H18F2N2O3S. The highest BCUT2D eigenvalue weighted by atomic mass is 32.2. The van der Waals surface area contributed by atoms with E-state index in [1.165, 1.54) is 12.1 Å². The van der Waals surface area contributed by atoms with Gasteiger partial charge in [0.25, 0.3) is 6.43 Å². The summed E-state index contributed by atoms with van der Waals surface area (Å²) in [7, 11) is -4.04. The molecule has 118 valence electrons. The quantitative estimate of drug-likeness (QED) is 0.829. The molecule has 21 heavy (non-hydrogen) atoms. The van der Waals surface area contributed by atoms with Crippen molar-refractivity contribution in [3.63, 3.8) is 0 Å². The molecule has 0 amide bonds. The number of sulfonamides is 1. The molecule has 0 bridgehead atoms. The van der Waals surface area contributed by atoms with Gasteiger partial charge in [-0.15, -0.1) is 0 Å². The lowest BCUT2D eigenvalue weighted by atomic mass is 10.0. The number of rotatable bonds is 6. The molecule has 2 rings (SSSR count). The summed E-state index contributed by atoms with van der Waals surface area (Å²) in [4.78, 5) is -0.0373. The average molecular weight is 320 g/mol. The molecule has 0 saturated heterocycles. The van der Waals surface area contributed by atoms with Gasteiger partial charge < -0.3 is 10.4 Å². The molecule has 5 nitrogen and oxygen atoms in total. The van der Waals surface area contributed by atoms with Crippen LogP contribution in [0.1, 0.15) is 12.0 Å². The minimum atomic E-state index is -4.04. The molecule has 1 aromatic rings. The lowest BCUT2D eigenvalue weighted by Gasteiger charge is -2.23. The Labute approximate surface area is 122 Å². The number of aliphatic hydroxyl groups excluding tert-OH is 1. The smallest absolute Gasteiger partial charge is 0.252 e. The fourth-order valence-corrected chi connectivity index (χ4v) is 3.76. The van der Waals surface area contributed by atoms with Gasteiger partial charge in [-0.2, -0.15) is 4.31 Å². The number of aryl methyl sites for hydroxylation is 1. The van der Waals surface area contributed by atoms with Crippen LogP contribution in [0.3, 0.4) is 0 Å². The summed E-state index contributed by atoms with van der Waals surface area (Å²) < 4.78 is 50.5. The molecule has 1 aliphatic rings. The first-order valence-electron chi connectivity index (χ1n) is 6.71. The van der Waals surface area contributed by atoms with Crippen molar-refractivity contribution in [3.8, 4) is 0 Å². The van der Waals surface area contributed by atoms with E-state index in [0.717, 1.165) is 30.6 Å². The van der Waals surface area contributed by atoms with E-state index in [1.807, 2.05) is 0 Å². The van der Waals surface area contributed by atoms with E-state index in [1.54, 1.807) is 6.07 Å². The van der Waals surface area contributed by atoms with Crippen molar-refractivity contribution in [3.05, 3.63) is 23.8 Å². The van der Waals surface area contributed by atoms with Gasteiger partial charge in [-0.05, 0) is 30.5 Å². The van der Waals surface area contributed by atoms with E-state index in [-0.39, 0.29) is 11.4 Å². The average Bonchev–Trinajstić information content (AvgIpc) is 2.46. The van der Waals surface area contributed by atoms with Crippen LogP contribution in [0.2, 0.25) is 0 Å². The van der Waals surface area contributed by atoms with Crippen LogP contribution in [0, 0.1) is 0 Å². The summed E-state index contributed by atoms with van der Waals surface area (Å²) in [6.07, 6.45) is -0.955. The first kappa shape index (κ1) is 16.1. The van der Waals surface area contributed by atoms with Crippen molar-refractivity contribution in [1.82, 2.24) is 4.31 Å². The van der Waals surface area contributed by atoms with Gasteiger partial charge >= 0.3 is 0 Å². The van der Waals surface area contributed by atoms with Gasteiger partial charge in [0, 0.05) is 18.8 Å². The number of fused-ring (bicyclic) bond motifs is 1. The number of halogens is 2. The molecule has 0 aliphatic carbocycles. The van der Waals surface area contributed by atoms with Crippen molar-refractivity contribution in [1.29, 1.82) is 0 Å². The second-order valence-electron chi connectivity index (χ2n) is 4.83. The Kier molecular flexibility index (Phi) is 5.13. The Balaban J connectivity index is 2.32. The maximum absolute atomic E-state index is 12.5. The van der Waals surface area contributed by atoms with Gasteiger partial charge in [0.2, 0.25) is 10.0 Å². The van der Waals surface area contributed by atoms with E-state index in [0.29, 0.717) is 4.31 Å². The molecule has 0 spiro atoms. The minimum absolute atomic E-state index is 0.0373. The summed E-state index contributed by atoms with van der Waals surface area (Å²) in [5, 5.41) is 12.0. The van der Waals surface area contributed by atoms with E-state index < -0.39 is 29.6 Å². The first-order valence-corrected chi connectivity index (χ1v) is 8.15. The predicted molar refractivity (Wildman–Crippen MR) is 75.1 cm³/mol. The number of hydrogen-bond acceptors (Lipinski definition) is 4. The largest absolute Gasteiger partial charge is 0.395 e. The summed E-state index contributed by atoms with van der Waals surface area (Å²) in [5.41, 5.74) is 1.74. The minimum Gasteiger partial charge on any atom is -0.395 e. The number of aliphatic hydroxyl groups is 1. The maximum Gasteiger partial charge on any atom is 0.252 e.